The van der Waals surface area contributed by atoms with E-state index in [-0.39, 0.29) is 28.6 Å². The van der Waals surface area contributed by atoms with Crippen LogP contribution in [0.25, 0.3) is 0 Å². The Kier molecular flexibility index (Phi) is 4.66. The molecule has 0 radical (unpaired) electrons. The van der Waals surface area contributed by atoms with Crippen LogP contribution in [0, 0.1) is 0 Å². The van der Waals surface area contributed by atoms with Gasteiger partial charge in [0.2, 0.25) is 0 Å². The number of nitrogens with two attached hydrogens (primary N) is 1. The number of aromatic nitrogens is 2. The second kappa shape index (κ2) is 7.19. The van der Waals surface area contributed by atoms with Crippen molar-refractivity contribution >= 4 is 39.0 Å². The summed E-state index contributed by atoms with van der Waals surface area (Å²) < 4.78 is 28.0. The van der Waals surface area contributed by atoms with Crippen LogP contribution in [0.1, 0.15) is 16.3 Å². The summed E-state index contributed by atoms with van der Waals surface area (Å²) in [5, 5.41) is 5.21. The maximum Gasteiger partial charge on any atom is 0.336 e. The van der Waals surface area contributed by atoms with E-state index in [4.69, 9.17) is 5.73 Å². The number of benzene rings is 2. The molecule has 0 saturated heterocycles. The number of fused-ring (bicyclic) bond motifs is 1. The van der Waals surface area contributed by atoms with Gasteiger partial charge in [0, 0.05) is 13.2 Å². The van der Waals surface area contributed by atoms with Crippen molar-refractivity contribution in [1.29, 1.82) is 0 Å². The first-order chi connectivity index (χ1) is 14.3. The van der Waals surface area contributed by atoms with E-state index in [0.717, 1.165) is 0 Å². The number of carbonyl (C=O) groups is 2. The third-order valence-corrected chi connectivity index (χ3v) is 6.41. The van der Waals surface area contributed by atoms with Crippen LogP contribution >= 0.6 is 0 Å². The minimum Gasteiger partial charge on any atom is -0.397 e. The molecule has 4 N–H and O–H groups in total. The molecule has 10 nitrogen and oxygen atoms in total. The highest BCUT2D eigenvalue weighted by Gasteiger charge is 2.37. The van der Waals surface area contributed by atoms with Gasteiger partial charge in [0.15, 0.2) is 0 Å². The molecule has 154 valence electrons. The van der Waals surface area contributed by atoms with E-state index < -0.39 is 22.0 Å². The summed E-state index contributed by atoms with van der Waals surface area (Å²) in [6.07, 6.45) is 1.45. The first kappa shape index (κ1) is 19.5. The predicted octanol–water partition coefficient (Wildman–Crippen LogP) is 1.99. The number of imidazole rings is 1. The van der Waals surface area contributed by atoms with Gasteiger partial charge in [0.25, 0.3) is 15.9 Å². The summed E-state index contributed by atoms with van der Waals surface area (Å²) in [5.74, 6) is -0.287. The average molecular weight is 426 g/mol. The van der Waals surface area contributed by atoms with Crippen LogP contribution < -0.4 is 16.4 Å². The van der Waals surface area contributed by atoms with Gasteiger partial charge >= 0.3 is 6.03 Å². The van der Waals surface area contributed by atoms with Crippen LogP contribution in [0.3, 0.4) is 0 Å². The summed E-state index contributed by atoms with van der Waals surface area (Å²) >= 11 is 0. The Hall–Kier alpha value is -3.86. The number of para-hydroxylation sites is 3. The smallest absolute Gasteiger partial charge is 0.336 e. The number of hydrogen-bond donors (Lipinski definition) is 3. The van der Waals surface area contributed by atoms with Crippen molar-refractivity contribution in [3.05, 3.63) is 66.2 Å². The van der Waals surface area contributed by atoms with Crippen molar-refractivity contribution in [1.82, 2.24) is 13.9 Å². The van der Waals surface area contributed by atoms with Crippen LogP contribution in [0.2, 0.25) is 0 Å². The third kappa shape index (κ3) is 3.35. The number of anilines is 3. The Labute approximate surface area is 172 Å². The Morgan fingerprint density at radius 1 is 1.17 bits per heavy atom. The van der Waals surface area contributed by atoms with Gasteiger partial charge in [0.05, 0.1) is 23.6 Å². The molecule has 2 aromatic carbocycles. The van der Waals surface area contributed by atoms with Gasteiger partial charge in [-0.1, -0.05) is 24.3 Å². The third-order valence-electron chi connectivity index (χ3n) is 4.62. The van der Waals surface area contributed by atoms with Crippen molar-refractivity contribution < 1.29 is 18.0 Å². The largest absolute Gasteiger partial charge is 0.397 e. The summed E-state index contributed by atoms with van der Waals surface area (Å²) in [6.45, 7) is -0.334. The van der Waals surface area contributed by atoms with E-state index in [0.29, 0.717) is 15.7 Å². The molecule has 30 heavy (non-hydrogen) atoms. The summed E-state index contributed by atoms with van der Waals surface area (Å²) in [7, 11) is -2.45. The summed E-state index contributed by atoms with van der Waals surface area (Å²) in [4.78, 5) is 29.1. The van der Waals surface area contributed by atoms with Crippen LogP contribution in [-0.4, -0.2) is 34.2 Å². The molecule has 0 bridgehead atoms. The maximum atomic E-state index is 12.9. The second-order valence-corrected chi connectivity index (χ2v) is 8.46. The number of nitrogen functional groups attached to an aromatic ring is 1. The van der Waals surface area contributed by atoms with Gasteiger partial charge in [-0.15, -0.1) is 0 Å². The van der Waals surface area contributed by atoms with Crippen LogP contribution in [-0.2, 0) is 23.6 Å². The van der Waals surface area contributed by atoms with Gasteiger partial charge in [-0.25, -0.2) is 22.5 Å². The van der Waals surface area contributed by atoms with Crippen LogP contribution in [0.5, 0.6) is 0 Å². The fraction of sp³-hybridized carbons (Fsp3) is 0.105. The topological polar surface area (TPSA) is 139 Å². The summed E-state index contributed by atoms with van der Waals surface area (Å²) in [5.41, 5.74) is 6.95. The Morgan fingerprint density at radius 3 is 2.63 bits per heavy atom. The molecule has 0 atom stereocenters. The molecular formula is C19H18N6O4S. The van der Waals surface area contributed by atoms with Crippen LogP contribution in [0.4, 0.5) is 21.9 Å². The average Bonchev–Trinajstić information content (AvgIpc) is 3.07. The lowest BCUT2D eigenvalue weighted by Crippen LogP contribution is -2.43. The monoisotopic (exact) mass is 426 g/mol. The minimum absolute atomic E-state index is 0.00340. The number of amides is 3. The lowest BCUT2D eigenvalue weighted by Gasteiger charge is -2.28. The van der Waals surface area contributed by atoms with Crippen LogP contribution in [0.15, 0.2) is 59.6 Å². The van der Waals surface area contributed by atoms with E-state index in [1.165, 1.54) is 22.9 Å². The molecule has 1 aliphatic heterocycles. The fourth-order valence-electron chi connectivity index (χ4n) is 3.04. The number of sulfonamides is 1. The van der Waals surface area contributed by atoms with Crippen molar-refractivity contribution in [2.45, 2.75) is 11.4 Å². The minimum atomic E-state index is -4.06. The standard InChI is InChI=1S/C19H18N6O4S/c1-24-10-15(18(26)22-13-7-3-2-6-12(13)20)21-17(24)11-25-19(27)23-14-8-4-5-9-16(14)30(25,28)29/h2-10H,11,20H2,1H3,(H,22,26)(H,23,27). The first-order valence-corrected chi connectivity index (χ1v) is 10.3. The Morgan fingerprint density at radius 2 is 1.87 bits per heavy atom. The van der Waals surface area contributed by atoms with Gasteiger partial charge in [0.1, 0.15) is 16.4 Å². The quantitative estimate of drug-likeness (QED) is 0.545. The zero-order valence-corrected chi connectivity index (χ0v) is 16.7. The molecule has 1 aromatic heterocycles. The zero-order valence-electron chi connectivity index (χ0n) is 15.9. The molecule has 11 heteroatoms. The van der Waals surface area contributed by atoms with Gasteiger partial charge < -0.3 is 20.9 Å². The number of rotatable bonds is 4. The molecule has 0 saturated carbocycles. The number of hydrogen-bond acceptors (Lipinski definition) is 6. The number of nitrogens with one attached hydrogen (secondary N) is 2. The molecule has 4 rings (SSSR count). The molecule has 2 heterocycles. The molecule has 0 fully saturated rings. The molecule has 0 spiro atoms. The van der Waals surface area contributed by atoms with E-state index >= 15 is 0 Å². The van der Waals surface area contributed by atoms with E-state index in [1.54, 1.807) is 43.4 Å². The van der Waals surface area contributed by atoms with E-state index in [9.17, 15) is 18.0 Å². The van der Waals surface area contributed by atoms with E-state index in [1.807, 2.05) is 0 Å². The molecule has 3 aromatic rings. The number of carbonyl (C=O) groups excluding carboxylic acids is 2. The number of nitrogens with zero attached hydrogens (tertiary/aromatic N) is 3. The lowest BCUT2D eigenvalue weighted by atomic mass is 10.2. The van der Waals surface area contributed by atoms with Crippen molar-refractivity contribution in [3.63, 3.8) is 0 Å². The Bertz CT molecular complexity index is 1270. The highest BCUT2D eigenvalue weighted by atomic mass is 32.2. The maximum absolute atomic E-state index is 12.9. The van der Waals surface area contributed by atoms with Crippen molar-refractivity contribution in [2.75, 3.05) is 16.4 Å². The molecule has 0 aliphatic carbocycles. The zero-order chi connectivity index (χ0) is 21.5. The van der Waals surface area contributed by atoms with Crippen molar-refractivity contribution in [3.8, 4) is 0 Å². The molecule has 3 amide bonds. The van der Waals surface area contributed by atoms with Gasteiger partial charge in [-0.3, -0.25) is 4.79 Å². The lowest BCUT2D eigenvalue weighted by molar-refractivity contribution is 0.102. The number of urea groups is 1. The van der Waals surface area contributed by atoms with Gasteiger partial charge in [-0.2, -0.15) is 0 Å². The van der Waals surface area contributed by atoms with E-state index in [2.05, 4.69) is 15.6 Å². The van der Waals surface area contributed by atoms with Gasteiger partial charge in [-0.05, 0) is 24.3 Å². The first-order valence-electron chi connectivity index (χ1n) is 8.88. The molecule has 0 unspecified atom stereocenters. The summed E-state index contributed by atoms with van der Waals surface area (Å²) in [6, 6.07) is 12.1. The Balaban J connectivity index is 1.59. The highest BCUT2D eigenvalue weighted by Crippen LogP contribution is 2.30. The highest BCUT2D eigenvalue weighted by molar-refractivity contribution is 7.90. The number of aryl methyl sites for hydroxylation is 1. The predicted molar refractivity (Wildman–Crippen MR) is 110 cm³/mol. The van der Waals surface area contributed by atoms with Crippen molar-refractivity contribution in [2.24, 2.45) is 7.05 Å². The molecular weight excluding hydrogens is 408 g/mol. The fourth-order valence-corrected chi connectivity index (χ4v) is 4.48. The normalized spacial score (nSPS) is 14.7. The molecule has 1 aliphatic rings. The SMILES string of the molecule is Cn1cc(C(=O)Nc2ccccc2N)nc1CN1C(=O)Nc2ccccc2S1(=O)=O. The second-order valence-electron chi connectivity index (χ2n) is 6.63.